The van der Waals surface area contributed by atoms with E-state index in [9.17, 15) is 14.9 Å². The molecule has 1 aromatic heterocycles. The molecule has 1 aromatic carbocycles. The second kappa shape index (κ2) is 5.53. The quantitative estimate of drug-likeness (QED) is 0.491. The van der Waals surface area contributed by atoms with Gasteiger partial charge in [-0.3, -0.25) is 14.9 Å². The second-order valence-corrected chi connectivity index (χ2v) is 4.81. The molecule has 0 unspecified atom stereocenters. The molecule has 0 aliphatic carbocycles. The highest BCUT2D eigenvalue weighted by Gasteiger charge is 2.13. The number of hydrogen-bond donors (Lipinski definition) is 1. The summed E-state index contributed by atoms with van der Waals surface area (Å²) in [5.41, 5.74) is -0.491. The largest absolute Gasteiger partial charge is 0.436 e. The minimum absolute atomic E-state index is 0.0621. The maximum Gasteiger partial charge on any atom is 0.271 e. The summed E-state index contributed by atoms with van der Waals surface area (Å²) in [7, 11) is 0. The van der Waals surface area contributed by atoms with Crippen molar-refractivity contribution in [1.82, 2.24) is 9.97 Å². The van der Waals surface area contributed by atoms with Crippen LogP contribution >= 0.6 is 34.2 Å². The summed E-state index contributed by atoms with van der Waals surface area (Å²) < 4.78 is 5.62. The molecule has 0 fully saturated rings. The minimum Gasteiger partial charge on any atom is -0.436 e. The van der Waals surface area contributed by atoms with Crippen LogP contribution in [-0.4, -0.2) is 14.9 Å². The number of nitro benzene ring substituents is 1. The summed E-state index contributed by atoms with van der Waals surface area (Å²) in [6, 6.07) is 3.76. The predicted octanol–water partition coefficient (Wildman–Crippen LogP) is 2.73. The average Bonchev–Trinajstić information content (AvgIpc) is 2.37. The molecular formula is C10H5ClIN3O4. The molecule has 0 bridgehead atoms. The van der Waals surface area contributed by atoms with Gasteiger partial charge in [-0.1, -0.05) is 11.6 Å². The van der Waals surface area contributed by atoms with Crippen molar-refractivity contribution in [2.75, 3.05) is 0 Å². The Morgan fingerprint density at radius 2 is 2.21 bits per heavy atom. The summed E-state index contributed by atoms with van der Waals surface area (Å²) >= 11 is 7.65. The lowest BCUT2D eigenvalue weighted by Gasteiger charge is -2.07. The standard InChI is InChI=1S/C10H5ClIN3O4/c11-6-3-5(15(17)18)1-2-7(6)19-10-8(12)9(16)13-4-14-10/h1-4H,(H,13,14,16). The van der Waals surface area contributed by atoms with E-state index in [1.807, 2.05) is 0 Å². The molecule has 1 heterocycles. The van der Waals surface area contributed by atoms with Crippen molar-refractivity contribution in [2.24, 2.45) is 0 Å². The fourth-order valence-electron chi connectivity index (χ4n) is 1.23. The number of H-pyrrole nitrogens is 1. The van der Waals surface area contributed by atoms with Gasteiger partial charge in [-0.15, -0.1) is 0 Å². The van der Waals surface area contributed by atoms with E-state index < -0.39 is 4.92 Å². The molecule has 0 saturated carbocycles. The summed E-state index contributed by atoms with van der Waals surface area (Å²) in [5.74, 6) is 0.267. The molecule has 9 heteroatoms. The molecule has 0 saturated heterocycles. The first-order chi connectivity index (χ1) is 8.99. The van der Waals surface area contributed by atoms with E-state index in [1.165, 1.54) is 18.5 Å². The van der Waals surface area contributed by atoms with Gasteiger partial charge < -0.3 is 9.72 Å². The van der Waals surface area contributed by atoms with E-state index in [1.54, 1.807) is 22.6 Å². The van der Waals surface area contributed by atoms with Crippen LogP contribution in [-0.2, 0) is 0 Å². The van der Waals surface area contributed by atoms with Gasteiger partial charge in [0.25, 0.3) is 11.2 Å². The number of rotatable bonds is 3. The third-order valence-electron chi connectivity index (χ3n) is 2.10. The van der Waals surface area contributed by atoms with Gasteiger partial charge in [0.1, 0.15) is 9.32 Å². The molecule has 1 N–H and O–H groups in total. The number of aromatic amines is 1. The van der Waals surface area contributed by atoms with Crippen LogP contribution in [0.1, 0.15) is 0 Å². The molecule has 0 amide bonds. The third kappa shape index (κ3) is 3.01. The normalized spacial score (nSPS) is 10.2. The Morgan fingerprint density at radius 1 is 1.47 bits per heavy atom. The van der Waals surface area contributed by atoms with Crippen LogP contribution in [0.3, 0.4) is 0 Å². The Hall–Kier alpha value is -1.68. The van der Waals surface area contributed by atoms with Gasteiger partial charge in [0, 0.05) is 12.1 Å². The van der Waals surface area contributed by atoms with E-state index in [2.05, 4.69) is 9.97 Å². The lowest BCUT2D eigenvalue weighted by molar-refractivity contribution is -0.384. The van der Waals surface area contributed by atoms with Gasteiger partial charge in [0.15, 0.2) is 0 Å². The van der Waals surface area contributed by atoms with E-state index in [4.69, 9.17) is 16.3 Å². The maximum absolute atomic E-state index is 11.4. The minimum atomic E-state index is -0.565. The first-order valence-electron chi connectivity index (χ1n) is 4.84. The Bertz CT molecular complexity index is 703. The Kier molecular flexibility index (Phi) is 4.00. The van der Waals surface area contributed by atoms with Crippen molar-refractivity contribution >= 4 is 39.9 Å². The number of hydrogen-bond acceptors (Lipinski definition) is 5. The summed E-state index contributed by atoms with van der Waals surface area (Å²) in [6.07, 6.45) is 1.19. The smallest absolute Gasteiger partial charge is 0.271 e. The lowest BCUT2D eigenvalue weighted by Crippen LogP contribution is -2.11. The SMILES string of the molecule is O=c1[nH]cnc(Oc2ccc([N+](=O)[O-])cc2Cl)c1I. The summed E-state index contributed by atoms with van der Waals surface area (Å²) in [6.45, 7) is 0. The van der Waals surface area contributed by atoms with Crippen molar-refractivity contribution in [1.29, 1.82) is 0 Å². The van der Waals surface area contributed by atoms with Crippen molar-refractivity contribution in [3.8, 4) is 11.6 Å². The third-order valence-corrected chi connectivity index (χ3v) is 3.34. The summed E-state index contributed by atoms with van der Waals surface area (Å²) in [4.78, 5) is 27.6. The zero-order valence-electron chi connectivity index (χ0n) is 9.09. The number of ether oxygens (including phenoxy) is 1. The van der Waals surface area contributed by atoms with Crippen LogP contribution in [0.4, 0.5) is 5.69 Å². The molecule has 0 atom stereocenters. The fraction of sp³-hybridized carbons (Fsp3) is 0. The molecule has 2 rings (SSSR count). The van der Waals surface area contributed by atoms with Crippen LogP contribution in [0.15, 0.2) is 29.3 Å². The summed E-state index contributed by atoms with van der Waals surface area (Å²) in [5, 5.41) is 10.6. The van der Waals surface area contributed by atoms with Gasteiger partial charge >= 0.3 is 0 Å². The molecule has 7 nitrogen and oxygen atoms in total. The zero-order valence-corrected chi connectivity index (χ0v) is 12.0. The van der Waals surface area contributed by atoms with Crippen molar-refractivity contribution in [3.05, 3.63) is 53.6 Å². The fourth-order valence-corrected chi connectivity index (χ4v) is 1.85. The topological polar surface area (TPSA) is 98.1 Å². The van der Waals surface area contributed by atoms with Crippen molar-refractivity contribution in [3.63, 3.8) is 0 Å². The van der Waals surface area contributed by atoms with E-state index in [0.717, 1.165) is 6.07 Å². The van der Waals surface area contributed by atoms with E-state index >= 15 is 0 Å². The number of aromatic nitrogens is 2. The maximum atomic E-state index is 11.4. The van der Waals surface area contributed by atoms with E-state index in [-0.39, 0.29) is 31.5 Å². The van der Waals surface area contributed by atoms with Crippen molar-refractivity contribution < 1.29 is 9.66 Å². The van der Waals surface area contributed by atoms with Gasteiger partial charge in [-0.25, -0.2) is 4.98 Å². The monoisotopic (exact) mass is 393 g/mol. The molecule has 0 spiro atoms. The van der Waals surface area contributed by atoms with Crippen molar-refractivity contribution in [2.45, 2.75) is 0 Å². The van der Waals surface area contributed by atoms with Gasteiger partial charge in [0.05, 0.1) is 16.3 Å². The Morgan fingerprint density at radius 3 is 2.84 bits per heavy atom. The Labute approximate surface area is 124 Å². The van der Waals surface area contributed by atoms with Gasteiger partial charge in [-0.2, -0.15) is 0 Å². The molecule has 0 aliphatic heterocycles. The molecule has 0 aliphatic rings. The number of nitro groups is 1. The molecule has 0 radical (unpaired) electrons. The highest BCUT2D eigenvalue weighted by Crippen LogP contribution is 2.32. The van der Waals surface area contributed by atoms with Gasteiger partial charge in [-0.05, 0) is 28.7 Å². The highest BCUT2D eigenvalue weighted by molar-refractivity contribution is 14.1. The number of nitrogens with one attached hydrogen (secondary N) is 1. The number of benzene rings is 1. The van der Waals surface area contributed by atoms with Crippen LogP contribution in [0.2, 0.25) is 5.02 Å². The number of nitrogens with zero attached hydrogens (tertiary/aromatic N) is 2. The first-order valence-corrected chi connectivity index (χ1v) is 6.29. The van der Waals surface area contributed by atoms with Crippen LogP contribution in [0.25, 0.3) is 0 Å². The lowest BCUT2D eigenvalue weighted by atomic mass is 10.3. The average molecular weight is 394 g/mol. The molecule has 19 heavy (non-hydrogen) atoms. The zero-order chi connectivity index (χ0) is 14.0. The number of halogens is 2. The van der Waals surface area contributed by atoms with Crippen LogP contribution in [0.5, 0.6) is 11.6 Å². The molecule has 98 valence electrons. The van der Waals surface area contributed by atoms with E-state index in [0.29, 0.717) is 0 Å². The highest BCUT2D eigenvalue weighted by atomic mass is 127. The van der Waals surface area contributed by atoms with Crippen LogP contribution in [0, 0.1) is 13.7 Å². The predicted molar refractivity (Wildman–Crippen MR) is 75.8 cm³/mol. The van der Waals surface area contributed by atoms with Crippen LogP contribution < -0.4 is 10.3 Å². The second-order valence-electron chi connectivity index (χ2n) is 3.32. The van der Waals surface area contributed by atoms with Gasteiger partial charge in [0.2, 0.25) is 5.88 Å². The first kappa shape index (κ1) is 13.7. The molecule has 2 aromatic rings. The number of non-ortho nitro benzene ring substituents is 1. The Balaban J connectivity index is 2.36. The molecular weight excluding hydrogens is 388 g/mol.